The zero-order valence-corrected chi connectivity index (χ0v) is 9.97. The number of aromatic nitrogens is 3. The van der Waals surface area contributed by atoms with Crippen LogP contribution in [0.4, 0.5) is 10.5 Å². The second-order valence-corrected chi connectivity index (χ2v) is 4.73. The molecule has 0 radical (unpaired) electrons. The number of benzene rings is 1. The average molecular weight is 234 g/mol. The van der Waals surface area contributed by atoms with Crippen molar-refractivity contribution >= 4 is 22.8 Å². The highest BCUT2D eigenvalue weighted by Gasteiger charge is 2.20. The first-order valence-electron chi connectivity index (χ1n) is 5.21. The Hall–Kier alpha value is -2.11. The summed E-state index contributed by atoms with van der Waals surface area (Å²) in [5, 5.41) is 7.62. The van der Waals surface area contributed by atoms with Gasteiger partial charge in [-0.25, -0.2) is 4.79 Å². The first-order chi connectivity index (χ1) is 7.87. The molecule has 6 heteroatoms. The minimum absolute atomic E-state index is 0.551. The zero-order valence-electron chi connectivity index (χ0n) is 9.97. The summed E-state index contributed by atoms with van der Waals surface area (Å²) in [5.41, 5.74) is 6.77. The van der Waals surface area contributed by atoms with E-state index in [2.05, 4.69) is 10.3 Å². The number of ether oxygens (including phenoxy) is 1. The van der Waals surface area contributed by atoms with E-state index in [1.165, 1.54) is 0 Å². The van der Waals surface area contributed by atoms with Crippen LogP contribution in [-0.2, 0) is 4.74 Å². The molecule has 2 aromatic rings. The lowest BCUT2D eigenvalue weighted by atomic mass is 10.2. The third-order valence-corrected chi connectivity index (χ3v) is 2.04. The fraction of sp³-hybridized carbons (Fsp3) is 0.364. The molecule has 0 aliphatic rings. The molecule has 6 nitrogen and oxygen atoms in total. The van der Waals surface area contributed by atoms with E-state index in [1.54, 1.807) is 39.0 Å². The van der Waals surface area contributed by atoms with E-state index in [0.29, 0.717) is 16.7 Å². The van der Waals surface area contributed by atoms with Gasteiger partial charge in [-0.2, -0.15) is 0 Å². The molecule has 0 atom stereocenters. The molecule has 90 valence electrons. The highest BCUT2D eigenvalue weighted by atomic mass is 16.6. The Bertz CT molecular complexity index is 568. The van der Waals surface area contributed by atoms with Crippen LogP contribution in [0.1, 0.15) is 20.8 Å². The SMILES string of the molecule is CC(C)(C)OC(=O)n1nnc2cc(N)ccc21. The van der Waals surface area contributed by atoms with Crippen molar-refractivity contribution in [1.29, 1.82) is 0 Å². The van der Waals surface area contributed by atoms with Crippen LogP contribution in [0, 0.1) is 0 Å². The van der Waals surface area contributed by atoms with Gasteiger partial charge in [0.1, 0.15) is 16.6 Å². The molecule has 1 aromatic carbocycles. The molecule has 0 aliphatic carbocycles. The van der Waals surface area contributed by atoms with Crippen LogP contribution in [0.15, 0.2) is 18.2 Å². The Morgan fingerprint density at radius 2 is 2.12 bits per heavy atom. The lowest BCUT2D eigenvalue weighted by molar-refractivity contribution is 0.0519. The van der Waals surface area contributed by atoms with Gasteiger partial charge in [0.2, 0.25) is 0 Å². The predicted molar refractivity (Wildman–Crippen MR) is 63.6 cm³/mol. The van der Waals surface area contributed by atoms with Gasteiger partial charge in [0.25, 0.3) is 0 Å². The maximum Gasteiger partial charge on any atom is 0.437 e. The largest absolute Gasteiger partial charge is 0.442 e. The van der Waals surface area contributed by atoms with Gasteiger partial charge in [-0.3, -0.25) is 0 Å². The van der Waals surface area contributed by atoms with Gasteiger partial charge in [-0.05, 0) is 39.0 Å². The number of fused-ring (bicyclic) bond motifs is 1. The number of hydrogen-bond acceptors (Lipinski definition) is 5. The molecule has 17 heavy (non-hydrogen) atoms. The summed E-state index contributed by atoms with van der Waals surface area (Å²) in [5.74, 6) is 0. The normalized spacial score (nSPS) is 11.7. The molecule has 2 rings (SSSR count). The van der Waals surface area contributed by atoms with Crippen molar-refractivity contribution in [3.05, 3.63) is 18.2 Å². The third-order valence-electron chi connectivity index (χ3n) is 2.04. The van der Waals surface area contributed by atoms with E-state index in [1.807, 2.05) is 0 Å². The van der Waals surface area contributed by atoms with Crippen LogP contribution in [0.3, 0.4) is 0 Å². The summed E-state index contributed by atoms with van der Waals surface area (Å²) in [6.07, 6.45) is -0.551. The summed E-state index contributed by atoms with van der Waals surface area (Å²) in [6.45, 7) is 5.38. The van der Waals surface area contributed by atoms with Crippen LogP contribution >= 0.6 is 0 Å². The van der Waals surface area contributed by atoms with Gasteiger partial charge < -0.3 is 10.5 Å². The quantitative estimate of drug-likeness (QED) is 0.703. The molecular weight excluding hydrogens is 220 g/mol. The highest BCUT2D eigenvalue weighted by molar-refractivity contribution is 5.86. The third kappa shape index (κ3) is 2.35. The van der Waals surface area contributed by atoms with Gasteiger partial charge >= 0.3 is 6.09 Å². The monoisotopic (exact) mass is 234 g/mol. The van der Waals surface area contributed by atoms with Crippen LogP contribution < -0.4 is 5.73 Å². The molecule has 0 unspecified atom stereocenters. The topological polar surface area (TPSA) is 83.0 Å². The maximum absolute atomic E-state index is 11.8. The van der Waals surface area contributed by atoms with Crippen molar-refractivity contribution < 1.29 is 9.53 Å². The summed E-state index contributed by atoms with van der Waals surface area (Å²) >= 11 is 0. The second-order valence-electron chi connectivity index (χ2n) is 4.73. The molecule has 0 spiro atoms. The maximum atomic E-state index is 11.8. The van der Waals surface area contributed by atoms with Crippen molar-refractivity contribution in [1.82, 2.24) is 15.0 Å². The van der Waals surface area contributed by atoms with E-state index in [-0.39, 0.29) is 0 Å². The first-order valence-corrected chi connectivity index (χ1v) is 5.21. The van der Waals surface area contributed by atoms with Crippen molar-refractivity contribution in [2.75, 3.05) is 5.73 Å². The van der Waals surface area contributed by atoms with Crippen LogP contribution in [-0.4, -0.2) is 26.7 Å². The Morgan fingerprint density at radius 3 is 2.76 bits per heavy atom. The van der Waals surface area contributed by atoms with E-state index >= 15 is 0 Å². The highest BCUT2D eigenvalue weighted by Crippen LogP contribution is 2.16. The van der Waals surface area contributed by atoms with Crippen molar-refractivity contribution in [2.24, 2.45) is 0 Å². The molecule has 0 saturated heterocycles. The smallest absolute Gasteiger partial charge is 0.437 e. The molecule has 0 fully saturated rings. The number of anilines is 1. The number of rotatable bonds is 0. The average Bonchev–Trinajstić information content (AvgIpc) is 2.57. The molecule has 0 saturated carbocycles. The minimum atomic E-state index is -0.566. The summed E-state index contributed by atoms with van der Waals surface area (Å²) in [6, 6.07) is 5.03. The Balaban J connectivity index is 2.40. The standard InChI is InChI=1S/C11H14N4O2/c1-11(2,3)17-10(16)15-9-5-4-7(12)6-8(9)13-14-15/h4-6H,12H2,1-3H3. The number of nitrogen functional groups attached to an aromatic ring is 1. The number of carbonyl (C=O) groups is 1. The first kappa shape index (κ1) is 11.4. The lowest BCUT2D eigenvalue weighted by Gasteiger charge is -2.18. The minimum Gasteiger partial charge on any atom is -0.442 e. The number of nitrogens with two attached hydrogens (primary N) is 1. The number of carbonyl (C=O) groups excluding carboxylic acids is 1. The summed E-state index contributed by atoms with van der Waals surface area (Å²) < 4.78 is 6.34. The fourth-order valence-corrected chi connectivity index (χ4v) is 1.38. The summed E-state index contributed by atoms with van der Waals surface area (Å²) in [7, 11) is 0. The fourth-order valence-electron chi connectivity index (χ4n) is 1.38. The van der Waals surface area contributed by atoms with E-state index in [4.69, 9.17) is 10.5 Å². The van der Waals surface area contributed by atoms with Gasteiger partial charge in [0, 0.05) is 5.69 Å². The van der Waals surface area contributed by atoms with E-state index in [9.17, 15) is 4.79 Å². The Labute approximate surface area is 98.3 Å². The van der Waals surface area contributed by atoms with Gasteiger partial charge in [0.15, 0.2) is 0 Å². The van der Waals surface area contributed by atoms with Crippen LogP contribution in [0.25, 0.3) is 11.0 Å². The Kier molecular flexibility index (Phi) is 2.49. The van der Waals surface area contributed by atoms with E-state index in [0.717, 1.165) is 4.68 Å². The van der Waals surface area contributed by atoms with Crippen molar-refractivity contribution in [3.8, 4) is 0 Å². The van der Waals surface area contributed by atoms with Crippen LogP contribution in [0.2, 0.25) is 0 Å². The molecule has 0 aliphatic heterocycles. The van der Waals surface area contributed by atoms with Crippen LogP contribution in [0.5, 0.6) is 0 Å². The number of nitrogens with zero attached hydrogens (tertiary/aromatic N) is 3. The van der Waals surface area contributed by atoms with Gasteiger partial charge in [0.05, 0.1) is 0 Å². The molecule has 0 amide bonds. The lowest BCUT2D eigenvalue weighted by Crippen LogP contribution is -2.27. The van der Waals surface area contributed by atoms with Crippen molar-refractivity contribution in [2.45, 2.75) is 26.4 Å². The zero-order chi connectivity index (χ0) is 12.6. The molecular formula is C11H14N4O2. The van der Waals surface area contributed by atoms with Gasteiger partial charge in [-0.1, -0.05) is 5.21 Å². The molecule has 0 bridgehead atoms. The summed E-state index contributed by atoms with van der Waals surface area (Å²) in [4.78, 5) is 11.8. The predicted octanol–water partition coefficient (Wildman–Crippen LogP) is 1.80. The molecule has 2 N–H and O–H groups in total. The molecule has 1 aromatic heterocycles. The molecule has 1 heterocycles. The second kappa shape index (κ2) is 3.73. The van der Waals surface area contributed by atoms with Gasteiger partial charge in [-0.15, -0.1) is 9.78 Å². The van der Waals surface area contributed by atoms with E-state index < -0.39 is 11.7 Å². The number of hydrogen-bond donors (Lipinski definition) is 1. The van der Waals surface area contributed by atoms with Crippen molar-refractivity contribution in [3.63, 3.8) is 0 Å². The Morgan fingerprint density at radius 1 is 1.41 bits per heavy atom.